The van der Waals surface area contributed by atoms with Gasteiger partial charge in [-0.15, -0.1) is 0 Å². The fourth-order valence-electron chi connectivity index (χ4n) is 1.90. The van der Waals surface area contributed by atoms with E-state index in [1.54, 1.807) is 12.1 Å². The second-order valence-corrected chi connectivity index (χ2v) is 6.03. The lowest BCUT2D eigenvalue weighted by atomic mass is 9.95. The second-order valence-electron chi connectivity index (χ2n) is 5.11. The molecule has 19 heavy (non-hydrogen) atoms. The van der Waals surface area contributed by atoms with Crippen molar-refractivity contribution in [3.8, 4) is 11.5 Å². The number of rotatable bonds is 6. The number of methoxy groups -OCH3 is 1. The summed E-state index contributed by atoms with van der Waals surface area (Å²) >= 11 is 3.34. The molecule has 4 N–H and O–H groups in total. The molecular formula is C14H22BrNO3. The normalized spacial score (nSPS) is 14.5. The molecule has 108 valence electrons. The number of phenolic OH excluding ortho intramolecular Hbond substituents is 1. The Morgan fingerprint density at radius 3 is 2.47 bits per heavy atom. The maximum atomic E-state index is 10.1. The highest BCUT2D eigenvalue weighted by atomic mass is 79.9. The number of phenols is 1. The van der Waals surface area contributed by atoms with E-state index < -0.39 is 12.1 Å². The molecule has 0 radical (unpaired) electrons. The largest absolute Gasteiger partial charge is 0.504 e. The van der Waals surface area contributed by atoms with E-state index in [1.165, 1.54) is 7.11 Å². The van der Waals surface area contributed by atoms with E-state index in [0.29, 0.717) is 23.7 Å². The first kappa shape index (κ1) is 16.3. The molecule has 0 spiro atoms. The summed E-state index contributed by atoms with van der Waals surface area (Å²) < 4.78 is 5.83. The Morgan fingerprint density at radius 1 is 1.32 bits per heavy atom. The smallest absolute Gasteiger partial charge is 0.162 e. The highest BCUT2D eigenvalue weighted by Crippen LogP contribution is 2.37. The number of nitrogens with two attached hydrogens (primary N) is 1. The first-order valence-electron chi connectivity index (χ1n) is 6.36. The van der Waals surface area contributed by atoms with Crippen molar-refractivity contribution < 1.29 is 14.9 Å². The van der Waals surface area contributed by atoms with Crippen molar-refractivity contribution in [1.82, 2.24) is 0 Å². The van der Waals surface area contributed by atoms with Crippen LogP contribution in [0.3, 0.4) is 0 Å². The number of aliphatic hydroxyl groups is 1. The molecule has 0 aliphatic carbocycles. The Labute approximate surface area is 122 Å². The van der Waals surface area contributed by atoms with E-state index in [2.05, 4.69) is 29.8 Å². The van der Waals surface area contributed by atoms with Gasteiger partial charge in [-0.2, -0.15) is 0 Å². The summed E-state index contributed by atoms with van der Waals surface area (Å²) in [5, 5.41) is 20.2. The summed E-state index contributed by atoms with van der Waals surface area (Å²) in [6.45, 7) is 4.19. The predicted molar refractivity (Wildman–Crippen MR) is 79.4 cm³/mol. The Kier molecular flexibility index (Phi) is 6.10. The van der Waals surface area contributed by atoms with Gasteiger partial charge in [-0.1, -0.05) is 29.8 Å². The fourth-order valence-corrected chi connectivity index (χ4v) is 2.35. The number of aliphatic hydroxyl groups excluding tert-OH is 1. The highest BCUT2D eigenvalue weighted by molar-refractivity contribution is 9.10. The fraction of sp³-hybridized carbons (Fsp3) is 0.571. The molecule has 1 rings (SSSR count). The summed E-state index contributed by atoms with van der Waals surface area (Å²) in [5.41, 5.74) is 6.52. The number of hydrogen-bond donors (Lipinski definition) is 3. The number of halogens is 1. The van der Waals surface area contributed by atoms with Crippen LogP contribution in [-0.2, 0) is 0 Å². The van der Waals surface area contributed by atoms with Gasteiger partial charge in [0.2, 0.25) is 0 Å². The molecule has 5 heteroatoms. The topological polar surface area (TPSA) is 75.7 Å². The van der Waals surface area contributed by atoms with Gasteiger partial charge in [0.1, 0.15) is 0 Å². The van der Waals surface area contributed by atoms with Crippen LogP contribution in [0.1, 0.15) is 38.3 Å². The Morgan fingerprint density at radius 2 is 1.95 bits per heavy atom. The average Bonchev–Trinajstić information content (AvgIpc) is 2.37. The molecule has 0 bridgehead atoms. The van der Waals surface area contributed by atoms with Crippen LogP contribution in [0.15, 0.2) is 16.6 Å². The third-order valence-electron chi connectivity index (χ3n) is 3.10. The quantitative estimate of drug-likeness (QED) is 0.749. The molecule has 0 aromatic heterocycles. The van der Waals surface area contributed by atoms with Crippen molar-refractivity contribution in [2.24, 2.45) is 11.7 Å². The SMILES string of the molecule is COc1cc(Br)cc([C@H](N)[C@H](O)CCC(C)C)c1O. The maximum absolute atomic E-state index is 10.1. The summed E-state index contributed by atoms with van der Waals surface area (Å²) in [5.74, 6) is 0.838. The molecule has 0 fully saturated rings. The second kappa shape index (κ2) is 7.12. The van der Waals surface area contributed by atoms with E-state index >= 15 is 0 Å². The van der Waals surface area contributed by atoms with Crippen molar-refractivity contribution in [2.75, 3.05) is 7.11 Å². The molecule has 0 saturated carbocycles. The van der Waals surface area contributed by atoms with Crippen molar-refractivity contribution in [3.63, 3.8) is 0 Å². The number of benzene rings is 1. The standard InChI is InChI=1S/C14H22BrNO3/c1-8(2)4-5-11(17)13(16)10-6-9(15)7-12(19-3)14(10)18/h6-8,11,13,17-18H,4-5,16H2,1-3H3/t11-,13+/m1/s1. The Hall–Kier alpha value is -0.780. The lowest BCUT2D eigenvalue weighted by Gasteiger charge is -2.22. The minimum Gasteiger partial charge on any atom is -0.504 e. The molecule has 4 nitrogen and oxygen atoms in total. The molecule has 0 unspecified atom stereocenters. The van der Waals surface area contributed by atoms with Gasteiger partial charge in [0.15, 0.2) is 11.5 Å². The van der Waals surface area contributed by atoms with Gasteiger partial charge in [-0.3, -0.25) is 0 Å². The van der Waals surface area contributed by atoms with Crippen molar-refractivity contribution >= 4 is 15.9 Å². The third kappa shape index (κ3) is 4.37. The number of aromatic hydroxyl groups is 1. The molecular weight excluding hydrogens is 310 g/mol. The van der Waals surface area contributed by atoms with Crippen LogP contribution in [0.4, 0.5) is 0 Å². The van der Waals surface area contributed by atoms with Gasteiger partial charge in [-0.05, 0) is 30.9 Å². The summed E-state index contributed by atoms with van der Waals surface area (Å²) in [4.78, 5) is 0. The van der Waals surface area contributed by atoms with Crippen LogP contribution in [0.2, 0.25) is 0 Å². The molecule has 0 aliphatic heterocycles. The molecule has 0 saturated heterocycles. The minimum atomic E-state index is -0.688. The molecule has 0 aliphatic rings. The van der Waals surface area contributed by atoms with Crippen LogP contribution < -0.4 is 10.5 Å². The van der Waals surface area contributed by atoms with Gasteiger partial charge in [-0.25, -0.2) is 0 Å². The zero-order valence-corrected chi connectivity index (χ0v) is 13.1. The van der Waals surface area contributed by atoms with Crippen LogP contribution in [0.25, 0.3) is 0 Å². The Balaban J connectivity index is 2.92. The van der Waals surface area contributed by atoms with Crippen LogP contribution in [-0.4, -0.2) is 23.4 Å². The molecule has 0 amide bonds. The van der Waals surface area contributed by atoms with Gasteiger partial charge >= 0.3 is 0 Å². The van der Waals surface area contributed by atoms with Crippen molar-refractivity contribution in [3.05, 3.63) is 22.2 Å². The first-order valence-corrected chi connectivity index (χ1v) is 7.16. The van der Waals surface area contributed by atoms with Gasteiger partial charge < -0.3 is 20.7 Å². The summed E-state index contributed by atoms with van der Waals surface area (Å²) in [7, 11) is 1.48. The average molecular weight is 332 g/mol. The molecule has 2 atom stereocenters. The molecule has 0 heterocycles. The zero-order valence-electron chi connectivity index (χ0n) is 11.6. The minimum absolute atomic E-state index is 0.0122. The van der Waals surface area contributed by atoms with E-state index in [0.717, 1.165) is 10.9 Å². The van der Waals surface area contributed by atoms with Crippen LogP contribution >= 0.6 is 15.9 Å². The lowest BCUT2D eigenvalue weighted by molar-refractivity contribution is 0.127. The van der Waals surface area contributed by atoms with Crippen LogP contribution in [0.5, 0.6) is 11.5 Å². The highest BCUT2D eigenvalue weighted by Gasteiger charge is 2.22. The first-order chi connectivity index (χ1) is 8.86. The number of ether oxygens (including phenoxy) is 1. The number of hydrogen-bond acceptors (Lipinski definition) is 4. The zero-order chi connectivity index (χ0) is 14.6. The van der Waals surface area contributed by atoms with Crippen molar-refractivity contribution in [2.45, 2.75) is 38.8 Å². The van der Waals surface area contributed by atoms with Gasteiger partial charge in [0.05, 0.1) is 19.3 Å². The molecule has 1 aromatic rings. The van der Waals surface area contributed by atoms with Crippen LogP contribution in [0, 0.1) is 5.92 Å². The summed E-state index contributed by atoms with van der Waals surface area (Å²) in [6.07, 6.45) is 0.806. The van der Waals surface area contributed by atoms with E-state index in [4.69, 9.17) is 10.5 Å². The monoisotopic (exact) mass is 331 g/mol. The molecule has 1 aromatic carbocycles. The van der Waals surface area contributed by atoms with Crippen molar-refractivity contribution in [1.29, 1.82) is 0 Å². The van der Waals surface area contributed by atoms with E-state index in [9.17, 15) is 10.2 Å². The third-order valence-corrected chi connectivity index (χ3v) is 3.56. The van der Waals surface area contributed by atoms with E-state index in [1.807, 2.05) is 0 Å². The Bertz CT molecular complexity index is 423. The van der Waals surface area contributed by atoms with Gasteiger partial charge in [0, 0.05) is 10.0 Å². The summed E-state index contributed by atoms with van der Waals surface area (Å²) in [6, 6.07) is 2.73. The maximum Gasteiger partial charge on any atom is 0.162 e. The van der Waals surface area contributed by atoms with Gasteiger partial charge in [0.25, 0.3) is 0 Å². The van der Waals surface area contributed by atoms with E-state index in [-0.39, 0.29) is 5.75 Å². The lowest BCUT2D eigenvalue weighted by Crippen LogP contribution is -2.26. The predicted octanol–water partition coefficient (Wildman–Crippen LogP) is 2.96.